The van der Waals surface area contributed by atoms with Crippen molar-refractivity contribution in [2.24, 2.45) is 0 Å². The Balaban J connectivity index is 2.33. The molecule has 1 atom stereocenters. The van der Waals surface area contributed by atoms with Crippen molar-refractivity contribution in [3.63, 3.8) is 0 Å². The van der Waals surface area contributed by atoms with Crippen LogP contribution >= 0.6 is 0 Å². The minimum absolute atomic E-state index is 0.262. The molecule has 0 radical (unpaired) electrons. The molecule has 0 bridgehead atoms. The van der Waals surface area contributed by atoms with Crippen molar-refractivity contribution in [1.82, 2.24) is 0 Å². The zero-order valence-corrected chi connectivity index (χ0v) is 13.3. The third-order valence-corrected chi connectivity index (χ3v) is 4.37. The molecule has 2 aromatic rings. The Morgan fingerprint density at radius 2 is 1.67 bits per heavy atom. The van der Waals surface area contributed by atoms with Gasteiger partial charge in [0.1, 0.15) is 0 Å². The van der Waals surface area contributed by atoms with Crippen LogP contribution in [0.5, 0.6) is 0 Å². The molecule has 0 heterocycles. The quantitative estimate of drug-likeness (QED) is 0.339. The van der Waals surface area contributed by atoms with E-state index in [9.17, 15) is 23.3 Å². The van der Waals surface area contributed by atoms with Gasteiger partial charge in [0.05, 0.1) is 16.9 Å². The van der Waals surface area contributed by atoms with Crippen molar-refractivity contribution in [1.29, 1.82) is 0 Å². The fourth-order valence-electron chi connectivity index (χ4n) is 1.88. The summed E-state index contributed by atoms with van der Waals surface area (Å²) in [5.41, 5.74) is 0.0383. The van der Waals surface area contributed by atoms with E-state index in [0.717, 1.165) is 31.4 Å². The average Bonchev–Trinajstić information content (AvgIpc) is 2.60. The summed E-state index contributed by atoms with van der Waals surface area (Å²) in [5.74, 6) is -0.883. The van der Waals surface area contributed by atoms with Crippen LogP contribution < -0.4 is 0 Å². The summed E-state index contributed by atoms with van der Waals surface area (Å²) in [6, 6.07) is 12.1. The van der Waals surface area contributed by atoms with Crippen LogP contribution in [0.4, 0.5) is 5.69 Å². The molecule has 0 saturated heterocycles. The van der Waals surface area contributed by atoms with E-state index in [-0.39, 0.29) is 10.6 Å². The fourth-order valence-corrected chi connectivity index (χ4v) is 2.91. The Morgan fingerprint density at radius 3 is 2.17 bits per heavy atom. The molecule has 8 nitrogen and oxygen atoms in total. The van der Waals surface area contributed by atoms with Gasteiger partial charge in [-0.15, -0.1) is 0 Å². The lowest BCUT2D eigenvalue weighted by Gasteiger charge is -2.15. The van der Waals surface area contributed by atoms with Crippen molar-refractivity contribution in [2.75, 3.05) is 7.11 Å². The number of nitrogens with zero attached hydrogens (tertiary/aromatic N) is 1. The monoisotopic (exact) mass is 351 g/mol. The van der Waals surface area contributed by atoms with Crippen LogP contribution in [0.15, 0.2) is 59.5 Å². The van der Waals surface area contributed by atoms with Crippen molar-refractivity contribution in [2.45, 2.75) is 11.0 Å². The number of hydrogen-bond acceptors (Lipinski definition) is 7. The third kappa shape index (κ3) is 3.94. The van der Waals surface area contributed by atoms with Crippen LogP contribution in [-0.2, 0) is 23.8 Å². The summed E-state index contributed by atoms with van der Waals surface area (Å²) in [6.07, 6.45) is -1.48. The molecule has 0 unspecified atom stereocenters. The minimum atomic E-state index is -4.33. The molecule has 9 heteroatoms. The van der Waals surface area contributed by atoms with Crippen LogP contribution in [0.3, 0.4) is 0 Å². The number of nitro benzene ring substituents is 1. The molecule has 0 aromatic heterocycles. The Kier molecular flexibility index (Phi) is 5.27. The van der Waals surface area contributed by atoms with Gasteiger partial charge >= 0.3 is 5.97 Å². The fraction of sp³-hybridized carbons (Fsp3) is 0.133. The first-order valence-corrected chi connectivity index (χ1v) is 8.06. The first-order chi connectivity index (χ1) is 11.3. The zero-order valence-electron chi connectivity index (χ0n) is 12.5. The van der Waals surface area contributed by atoms with Crippen molar-refractivity contribution < 1.29 is 27.1 Å². The predicted octanol–water partition coefficient (Wildman–Crippen LogP) is 2.21. The Labute approximate surface area is 137 Å². The number of methoxy groups -OCH3 is 1. The topological polar surface area (TPSA) is 113 Å². The highest BCUT2D eigenvalue weighted by Gasteiger charge is 2.30. The SMILES string of the molecule is COC(=O)[C@H](OS(=O)(=O)c1ccc([N+](=O)[O-])cc1)c1ccccc1. The highest BCUT2D eigenvalue weighted by molar-refractivity contribution is 7.86. The number of non-ortho nitro benzene ring substituents is 1. The van der Waals surface area contributed by atoms with E-state index in [1.807, 2.05) is 0 Å². The molecule has 0 aliphatic rings. The van der Waals surface area contributed by atoms with E-state index in [0.29, 0.717) is 5.56 Å². The first kappa shape index (κ1) is 17.6. The number of nitro groups is 1. The molecule has 0 aliphatic carbocycles. The van der Waals surface area contributed by atoms with E-state index in [2.05, 4.69) is 4.74 Å². The second-order valence-electron chi connectivity index (χ2n) is 4.62. The van der Waals surface area contributed by atoms with Crippen LogP contribution in [0.2, 0.25) is 0 Å². The van der Waals surface area contributed by atoms with E-state index in [4.69, 9.17) is 4.18 Å². The second-order valence-corrected chi connectivity index (χ2v) is 6.19. The van der Waals surface area contributed by atoms with Crippen LogP contribution in [-0.4, -0.2) is 26.4 Å². The highest BCUT2D eigenvalue weighted by Crippen LogP contribution is 2.26. The van der Waals surface area contributed by atoms with Crippen molar-refractivity contribution in [3.8, 4) is 0 Å². The van der Waals surface area contributed by atoms with Gasteiger partial charge in [0, 0.05) is 12.1 Å². The second kappa shape index (κ2) is 7.20. The van der Waals surface area contributed by atoms with Crippen molar-refractivity contribution >= 4 is 21.8 Å². The Bertz CT molecular complexity index is 832. The molecule has 0 N–H and O–H groups in total. The summed E-state index contributed by atoms with van der Waals surface area (Å²) in [6.45, 7) is 0. The predicted molar refractivity (Wildman–Crippen MR) is 82.6 cm³/mol. The van der Waals surface area contributed by atoms with Gasteiger partial charge in [-0.1, -0.05) is 30.3 Å². The Hall–Kier alpha value is -2.78. The lowest BCUT2D eigenvalue weighted by molar-refractivity contribution is -0.384. The number of carbonyl (C=O) groups excluding carboxylic acids is 1. The summed E-state index contributed by atoms with van der Waals surface area (Å²) in [7, 11) is -3.22. The van der Waals surface area contributed by atoms with Gasteiger partial charge in [0.25, 0.3) is 15.8 Å². The lowest BCUT2D eigenvalue weighted by Crippen LogP contribution is -2.21. The van der Waals surface area contributed by atoms with Gasteiger partial charge < -0.3 is 4.74 Å². The summed E-state index contributed by atoms with van der Waals surface area (Å²) >= 11 is 0. The maximum Gasteiger partial charge on any atom is 0.341 e. The molecule has 0 fully saturated rings. The van der Waals surface area contributed by atoms with E-state index < -0.39 is 27.1 Å². The largest absolute Gasteiger partial charge is 0.467 e. The number of benzene rings is 2. The molecular formula is C15H13NO7S. The molecule has 0 amide bonds. The smallest absolute Gasteiger partial charge is 0.341 e. The van der Waals surface area contributed by atoms with E-state index >= 15 is 0 Å². The molecule has 126 valence electrons. The van der Waals surface area contributed by atoms with Gasteiger partial charge in [0.15, 0.2) is 6.10 Å². The standard InChI is InChI=1S/C15H13NO7S/c1-22-15(17)14(11-5-3-2-4-6-11)23-24(20,21)13-9-7-12(8-10-13)16(18)19/h2-10,14H,1H3/t14-/m1/s1. The first-order valence-electron chi connectivity index (χ1n) is 6.65. The molecule has 24 heavy (non-hydrogen) atoms. The molecule has 0 saturated carbocycles. The summed E-state index contributed by atoms with van der Waals surface area (Å²) in [4.78, 5) is 21.5. The van der Waals surface area contributed by atoms with Gasteiger partial charge in [-0.2, -0.15) is 8.42 Å². The Morgan fingerprint density at radius 1 is 1.08 bits per heavy atom. The number of carbonyl (C=O) groups is 1. The van der Waals surface area contributed by atoms with Gasteiger partial charge in [0.2, 0.25) is 0 Å². The molecule has 2 aromatic carbocycles. The maximum absolute atomic E-state index is 12.3. The maximum atomic E-state index is 12.3. The third-order valence-electron chi connectivity index (χ3n) is 3.08. The number of esters is 1. The number of ether oxygens (including phenoxy) is 1. The van der Waals surface area contributed by atoms with Crippen LogP contribution in [0, 0.1) is 10.1 Å². The molecule has 2 rings (SSSR count). The number of hydrogen-bond donors (Lipinski definition) is 0. The molecular weight excluding hydrogens is 338 g/mol. The average molecular weight is 351 g/mol. The summed E-state index contributed by atoms with van der Waals surface area (Å²) < 4.78 is 34.2. The van der Waals surface area contributed by atoms with Gasteiger partial charge in [-0.3, -0.25) is 10.1 Å². The van der Waals surface area contributed by atoms with Gasteiger partial charge in [-0.25, -0.2) is 8.98 Å². The van der Waals surface area contributed by atoms with E-state index in [1.54, 1.807) is 18.2 Å². The van der Waals surface area contributed by atoms with E-state index in [1.165, 1.54) is 12.1 Å². The summed E-state index contributed by atoms with van der Waals surface area (Å²) in [5, 5.41) is 10.6. The molecule has 0 spiro atoms. The highest BCUT2D eigenvalue weighted by atomic mass is 32.2. The number of rotatable bonds is 6. The van der Waals surface area contributed by atoms with Crippen LogP contribution in [0.1, 0.15) is 11.7 Å². The normalized spacial score (nSPS) is 12.4. The zero-order chi connectivity index (χ0) is 17.7. The van der Waals surface area contributed by atoms with Gasteiger partial charge in [-0.05, 0) is 17.7 Å². The van der Waals surface area contributed by atoms with Crippen LogP contribution in [0.25, 0.3) is 0 Å². The van der Waals surface area contributed by atoms with Crippen molar-refractivity contribution in [3.05, 3.63) is 70.3 Å². The lowest BCUT2D eigenvalue weighted by atomic mass is 10.1. The minimum Gasteiger partial charge on any atom is -0.467 e. The molecule has 0 aliphatic heterocycles.